The van der Waals surface area contributed by atoms with Crippen molar-refractivity contribution in [1.29, 1.82) is 5.26 Å². The molecule has 0 fully saturated rings. The van der Waals surface area contributed by atoms with Gasteiger partial charge in [-0.1, -0.05) is 12.1 Å². The number of carbonyl (C=O) groups excluding carboxylic acids is 2. The highest BCUT2D eigenvalue weighted by molar-refractivity contribution is 5.97. The third-order valence-corrected chi connectivity index (χ3v) is 3.78. The van der Waals surface area contributed by atoms with Gasteiger partial charge in [-0.2, -0.15) is 5.26 Å². The van der Waals surface area contributed by atoms with E-state index < -0.39 is 11.9 Å². The lowest BCUT2D eigenvalue weighted by Gasteiger charge is -2.14. The Morgan fingerprint density at radius 1 is 1.04 bits per heavy atom. The molecule has 0 aliphatic heterocycles. The maximum atomic E-state index is 12.3. The summed E-state index contributed by atoms with van der Waals surface area (Å²) < 4.78 is 20.7. The Labute approximate surface area is 162 Å². The molecule has 1 amide bonds. The zero-order valence-corrected chi connectivity index (χ0v) is 15.8. The lowest BCUT2D eigenvalue weighted by Crippen LogP contribution is -2.30. The minimum atomic E-state index is -0.608. The van der Waals surface area contributed by atoms with Crippen molar-refractivity contribution in [2.75, 3.05) is 27.9 Å². The van der Waals surface area contributed by atoms with E-state index in [2.05, 4.69) is 5.32 Å². The molecule has 0 spiro atoms. The highest BCUT2D eigenvalue weighted by Crippen LogP contribution is 2.38. The number of ether oxygens (including phenoxy) is 4. The van der Waals surface area contributed by atoms with Gasteiger partial charge in [0.2, 0.25) is 5.75 Å². The normalized spacial score (nSPS) is 9.79. The molecule has 8 heteroatoms. The molecule has 0 aliphatic rings. The molecule has 0 saturated carbocycles. The number of rotatable bonds is 8. The second kappa shape index (κ2) is 9.83. The topological polar surface area (TPSA) is 107 Å². The van der Waals surface area contributed by atoms with Crippen molar-refractivity contribution in [2.24, 2.45) is 0 Å². The Morgan fingerprint density at radius 3 is 2.29 bits per heavy atom. The molecule has 2 aromatic rings. The number of hydrogen-bond acceptors (Lipinski definition) is 7. The number of hydrogen-bond donors (Lipinski definition) is 1. The van der Waals surface area contributed by atoms with Crippen molar-refractivity contribution in [3.63, 3.8) is 0 Å². The van der Waals surface area contributed by atoms with Crippen LogP contribution in [0.4, 0.5) is 0 Å². The van der Waals surface area contributed by atoms with Gasteiger partial charge in [0, 0.05) is 5.56 Å². The SMILES string of the molecule is COc1cc(C(=O)NCC(=O)OCc2cccc(C#N)c2)cc(OC)c1OC. The standard InChI is InChI=1S/C20H20N2O6/c1-25-16-8-15(9-17(26-2)19(16)27-3)20(24)22-11-18(23)28-12-14-6-4-5-13(7-14)10-21/h4-9H,11-12H2,1-3H3,(H,22,24). The van der Waals surface area contributed by atoms with E-state index in [1.54, 1.807) is 24.3 Å². The predicted molar refractivity (Wildman–Crippen MR) is 99.4 cm³/mol. The maximum Gasteiger partial charge on any atom is 0.325 e. The predicted octanol–water partition coefficient (Wildman–Crippen LogP) is 2.06. The maximum absolute atomic E-state index is 12.3. The average molecular weight is 384 g/mol. The van der Waals surface area contributed by atoms with E-state index in [-0.39, 0.29) is 18.7 Å². The molecule has 2 rings (SSSR count). The molecule has 0 aliphatic carbocycles. The number of esters is 1. The molecular weight excluding hydrogens is 364 g/mol. The van der Waals surface area contributed by atoms with Gasteiger partial charge in [-0.25, -0.2) is 0 Å². The van der Waals surface area contributed by atoms with Crippen LogP contribution in [0.1, 0.15) is 21.5 Å². The van der Waals surface area contributed by atoms with Crippen LogP contribution in [0.15, 0.2) is 36.4 Å². The zero-order chi connectivity index (χ0) is 20.5. The molecule has 0 saturated heterocycles. The first-order valence-corrected chi connectivity index (χ1v) is 8.25. The number of carbonyl (C=O) groups is 2. The quantitative estimate of drug-likeness (QED) is 0.694. The molecule has 2 aromatic carbocycles. The van der Waals surface area contributed by atoms with Crippen molar-refractivity contribution in [1.82, 2.24) is 5.32 Å². The van der Waals surface area contributed by atoms with Crippen LogP contribution in [0, 0.1) is 11.3 Å². The van der Waals surface area contributed by atoms with E-state index >= 15 is 0 Å². The van der Waals surface area contributed by atoms with Crippen molar-refractivity contribution >= 4 is 11.9 Å². The van der Waals surface area contributed by atoms with E-state index in [4.69, 9.17) is 24.2 Å². The molecule has 0 heterocycles. The fourth-order valence-corrected chi connectivity index (χ4v) is 2.41. The first kappa shape index (κ1) is 20.6. The van der Waals surface area contributed by atoms with Gasteiger partial charge in [-0.05, 0) is 29.8 Å². The Morgan fingerprint density at radius 2 is 1.71 bits per heavy atom. The molecule has 1 N–H and O–H groups in total. The van der Waals surface area contributed by atoms with Gasteiger partial charge in [0.05, 0.1) is 33.0 Å². The van der Waals surface area contributed by atoms with Gasteiger partial charge in [-0.15, -0.1) is 0 Å². The first-order valence-electron chi connectivity index (χ1n) is 8.25. The minimum absolute atomic E-state index is 0.00834. The number of benzene rings is 2. The smallest absolute Gasteiger partial charge is 0.325 e. The van der Waals surface area contributed by atoms with Crippen LogP contribution in [-0.4, -0.2) is 39.8 Å². The van der Waals surface area contributed by atoms with Crippen LogP contribution >= 0.6 is 0 Å². The summed E-state index contributed by atoms with van der Waals surface area (Å²) in [7, 11) is 4.34. The Hall–Kier alpha value is -3.73. The van der Waals surface area contributed by atoms with Crippen molar-refractivity contribution in [3.05, 3.63) is 53.1 Å². The Bertz CT molecular complexity index is 879. The summed E-state index contributed by atoms with van der Waals surface area (Å²) in [5.74, 6) is -0.0923. The summed E-state index contributed by atoms with van der Waals surface area (Å²) in [4.78, 5) is 24.2. The third kappa shape index (κ3) is 5.14. The molecule has 0 bridgehead atoms. The molecule has 28 heavy (non-hydrogen) atoms. The van der Waals surface area contributed by atoms with Crippen LogP contribution < -0.4 is 19.5 Å². The van der Waals surface area contributed by atoms with Gasteiger partial charge < -0.3 is 24.3 Å². The molecule has 0 aromatic heterocycles. The number of nitrogens with zero attached hydrogens (tertiary/aromatic N) is 1. The van der Waals surface area contributed by atoms with Gasteiger partial charge in [0.1, 0.15) is 13.2 Å². The van der Waals surface area contributed by atoms with Crippen molar-refractivity contribution in [2.45, 2.75) is 6.61 Å². The van der Waals surface area contributed by atoms with E-state index in [9.17, 15) is 9.59 Å². The second-order valence-corrected chi connectivity index (χ2v) is 5.57. The van der Waals surface area contributed by atoms with Crippen LogP contribution in [0.5, 0.6) is 17.2 Å². The average Bonchev–Trinajstić information content (AvgIpc) is 2.74. The third-order valence-electron chi connectivity index (χ3n) is 3.78. The molecule has 0 radical (unpaired) electrons. The van der Waals surface area contributed by atoms with Gasteiger partial charge >= 0.3 is 5.97 Å². The largest absolute Gasteiger partial charge is 0.493 e. The fourth-order valence-electron chi connectivity index (χ4n) is 2.41. The molecule has 0 unspecified atom stereocenters. The number of nitriles is 1. The molecule has 146 valence electrons. The highest BCUT2D eigenvalue weighted by atomic mass is 16.5. The van der Waals surface area contributed by atoms with E-state index in [0.29, 0.717) is 28.4 Å². The summed E-state index contributed by atoms with van der Waals surface area (Å²) in [6.45, 7) is -0.304. The second-order valence-electron chi connectivity index (χ2n) is 5.57. The number of methoxy groups -OCH3 is 3. The Balaban J connectivity index is 1.96. The minimum Gasteiger partial charge on any atom is -0.493 e. The zero-order valence-electron chi connectivity index (χ0n) is 15.8. The molecule has 0 atom stereocenters. The lowest BCUT2D eigenvalue weighted by molar-refractivity contribution is -0.143. The number of nitrogens with one attached hydrogen (secondary N) is 1. The Kier molecular flexibility index (Phi) is 7.22. The summed E-state index contributed by atoms with van der Waals surface area (Å²) in [6, 6.07) is 11.7. The van der Waals surface area contributed by atoms with Crippen molar-refractivity contribution < 1.29 is 28.5 Å². The van der Waals surface area contributed by atoms with Crippen LogP contribution in [-0.2, 0) is 16.1 Å². The molecular formula is C20H20N2O6. The van der Waals surface area contributed by atoms with Crippen molar-refractivity contribution in [3.8, 4) is 23.3 Å². The highest BCUT2D eigenvalue weighted by Gasteiger charge is 2.17. The first-order chi connectivity index (χ1) is 13.5. The van der Waals surface area contributed by atoms with E-state index in [0.717, 1.165) is 0 Å². The summed E-state index contributed by atoms with van der Waals surface area (Å²) in [5, 5.41) is 11.3. The van der Waals surface area contributed by atoms with Crippen LogP contribution in [0.2, 0.25) is 0 Å². The van der Waals surface area contributed by atoms with Gasteiger partial charge in [0.15, 0.2) is 11.5 Å². The number of amides is 1. The summed E-state index contributed by atoms with van der Waals surface area (Å²) in [5.41, 5.74) is 1.40. The summed E-state index contributed by atoms with van der Waals surface area (Å²) >= 11 is 0. The van der Waals surface area contributed by atoms with Crippen LogP contribution in [0.3, 0.4) is 0 Å². The monoisotopic (exact) mass is 384 g/mol. The van der Waals surface area contributed by atoms with Gasteiger partial charge in [-0.3, -0.25) is 9.59 Å². The van der Waals surface area contributed by atoms with E-state index in [1.807, 2.05) is 6.07 Å². The van der Waals surface area contributed by atoms with Gasteiger partial charge in [0.25, 0.3) is 5.91 Å². The van der Waals surface area contributed by atoms with E-state index in [1.165, 1.54) is 33.5 Å². The fraction of sp³-hybridized carbons (Fsp3) is 0.250. The lowest BCUT2D eigenvalue weighted by atomic mass is 10.1. The summed E-state index contributed by atoms with van der Waals surface area (Å²) in [6.07, 6.45) is 0. The van der Waals surface area contributed by atoms with Crippen LogP contribution in [0.25, 0.3) is 0 Å². The molecule has 8 nitrogen and oxygen atoms in total.